The van der Waals surface area contributed by atoms with Gasteiger partial charge in [-0.2, -0.15) is 4.31 Å². The number of rotatable bonds is 4. The minimum atomic E-state index is -3.52. The Labute approximate surface area is 149 Å². The number of benzene rings is 1. The third-order valence-electron chi connectivity index (χ3n) is 5.00. The van der Waals surface area contributed by atoms with Crippen LogP contribution in [0.15, 0.2) is 18.2 Å². The first-order valence-corrected chi connectivity index (χ1v) is 10.4. The van der Waals surface area contributed by atoms with Gasteiger partial charge in [-0.25, -0.2) is 8.42 Å². The van der Waals surface area contributed by atoms with E-state index in [-0.39, 0.29) is 17.7 Å². The van der Waals surface area contributed by atoms with Gasteiger partial charge in [0.2, 0.25) is 10.0 Å². The van der Waals surface area contributed by atoms with E-state index in [1.54, 1.807) is 0 Å². The van der Waals surface area contributed by atoms with Gasteiger partial charge >= 0.3 is 0 Å². The SMILES string of the molecule is CC1(C)C[C@@H](O)[C@@H](O)CN(S(=O)(=O)CCc2ccc3c(c2)CCO3)C1. The molecule has 0 unspecified atom stereocenters. The van der Waals surface area contributed by atoms with Crippen molar-refractivity contribution >= 4 is 10.0 Å². The zero-order chi connectivity index (χ0) is 18.2. The highest BCUT2D eigenvalue weighted by Crippen LogP contribution is 2.30. The first-order chi connectivity index (χ1) is 11.7. The number of aryl methyl sites for hydroxylation is 1. The number of nitrogens with zero attached hydrogens (tertiary/aromatic N) is 1. The Morgan fingerprint density at radius 1 is 1.28 bits per heavy atom. The second-order valence-corrected chi connectivity index (χ2v) is 9.99. The van der Waals surface area contributed by atoms with Gasteiger partial charge in [-0.1, -0.05) is 26.0 Å². The predicted molar refractivity (Wildman–Crippen MR) is 95.1 cm³/mol. The largest absolute Gasteiger partial charge is 0.493 e. The van der Waals surface area contributed by atoms with Crippen molar-refractivity contribution in [1.82, 2.24) is 4.31 Å². The molecule has 2 aliphatic heterocycles. The lowest BCUT2D eigenvalue weighted by atomic mass is 9.87. The van der Waals surface area contributed by atoms with Gasteiger partial charge in [0.1, 0.15) is 5.75 Å². The number of ether oxygens (including phenoxy) is 1. The molecule has 1 aromatic rings. The van der Waals surface area contributed by atoms with Gasteiger partial charge in [-0.15, -0.1) is 0 Å². The van der Waals surface area contributed by atoms with Crippen molar-refractivity contribution in [2.75, 3.05) is 25.4 Å². The van der Waals surface area contributed by atoms with Gasteiger partial charge in [0.25, 0.3) is 0 Å². The summed E-state index contributed by atoms with van der Waals surface area (Å²) in [6.45, 7) is 4.77. The molecule has 2 aliphatic rings. The Hall–Kier alpha value is -1.15. The maximum Gasteiger partial charge on any atom is 0.214 e. The van der Waals surface area contributed by atoms with E-state index in [0.29, 0.717) is 26.0 Å². The van der Waals surface area contributed by atoms with Gasteiger partial charge in [0.05, 0.1) is 24.6 Å². The Morgan fingerprint density at radius 3 is 2.80 bits per heavy atom. The van der Waals surface area contributed by atoms with Crippen LogP contribution in [0.25, 0.3) is 0 Å². The molecule has 0 bridgehead atoms. The fraction of sp³-hybridized carbons (Fsp3) is 0.667. The van der Waals surface area contributed by atoms with E-state index in [0.717, 1.165) is 23.3 Å². The molecule has 0 aliphatic carbocycles. The molecular weight excluding hydrogens is 342 g/mol. The molecule has 25 heavy (non-hydrogen) atoms. The van der Waals surface area contributed by atoms with Crippen LogP contribution in [0.1, 0.15) is 31.4 Å². The number of aliphatic hydroxyl groups excluding tert-OH is 2. The highest BCUT2D eigenvalue weighted by atomic mass is 32.2. The van der Waals surface area contributed by atoms with E-state index >= 15 is 0 Å². The second-order valence-electron chi connectivity index (χ2n) is 7.90. The van der Waals surface area contributed by atoms with Crippen LogP contribution in [0, 0.1) is 5.41 Å². The molecule has 140 valence electrons. The van der Waals surface area contributed by atoms with Crippen LogP contribution in [0.5, 0.6) is 5.75 Å². The van der Waals surface area contributed by atoms with Crippen LogP contribution < -0.4 is 4.74 Å². The average Bonchev–Trinajstić information content (AvgIpc) is 2.95. The molecule has 1 fully saturated rings. The summed E-state index contributed by atoms with van der Waals surface area (Å²) in [5.74, 6) is 0.879. The van der Waals surface area contributed by atoms with Gasteiger partial charge in [0, 0.05) is 19.5 Å². The van der Waals surface area contributed by atoms with Crippen LogP contribution in [0.3, 0.4) is 0 Å². The zero-order valence-electron chi connectivity index (χ0n) is 14.8. The summed E-state index contributed by atoms with van der Waals surface area (Å²) in [5.41, 5.74) is 1.72. The molecule has 7 heteroatoms. The maximum atomic E-state index is 12.8. The minimum absolute atomic E-state index is 0.00839. The number of hydrogen-bond donors (Lipinski definition) is 2. The van der Waals surface area contributed by atoms with Gasteiger partial charge in [-0.05, 0) is 35.4 Å². The number of hydrogen-bond acceptors (Lipinski definition) is 5. The van der Waals surface area contributed by atoms with Crippen LogP contribution in [0.2, 0.25) is 0 Å². The van der Waals surface area contributed by atoms with Gasteiger partial charge in [0.15, 0.2) is 0 Å². The molecule has 1 saturated heterocycles. The van der Waals surface area contributed by atoms with Crippen molar-refractivity contribution in [3.05, 3.63) is 29.3 Å². The summed E-state index contributed by atoms with van der Waals surface area (Å²) in [6.07, 6.45) is -0.281. The van der Waals surface area contributed by atoms with Crippen LogP contribution in [0.4, 0.5) is 0 Å². The van der Waals surface area contributed by atoms with E-state index in [4.69, 9.17) is 4.74 Å². The second kappa shape index (κ2) is 6.87. The summed E-state index contributed by atoms with van der Waals surface area (Å²) in [5, 5.41) is 20.0. The van der Waals surface area contributed by atoms with Crippen molar-refractivity contribution in [2.24, 2.45) is 5.41 Å². The highest BCUT2D eigenvalue weighted by molar-refractivity contribution is 7.89. The van der Waals surface area contributed by atoms with E-state index in [2.05, 4.69) is 0 Å². The molecule has 6 nitrogen and oxygen atoms in total. The zero-order valence-corrected chi connectivity index (χ0v) is 15.6. The summed E-state index contributed by atoms with van der Waals surface area (Å²) >= 11 is 0. The molecule has 0 spiro atoms. The predicted octanol–water partition coefficient (Wildman–Crippen LogP) is 0.947. The fourth-order valence-corrected chi connectivity index (χ4v) is 5.30. The minimum Gasteiger partial charge on any atom is -0.493 e. The standard InChI is InChI=1S/C18H27NO5S/c1-18(2)10-15(20)16(21)11-19(12-18)25(22,23)8-6-13-3-4-17-14(9-13)5-7-24-17/h3-4,9,15-16,20-21H,5-8,10-12H2,1-2H3/t15-,16+/m1/s1. The van der Waals surface area contributed by atoms with E-state index in [1.165, 1.54) is 4.31 Å². The monoisotopic (exact) mass is 369 g/mol. The van der Waals surface area contributed by atoms with E-state index < -0.39 is 22.2 Å². The van der Waals surface area contributed by atoms with Crippen molar-refractivity contribution < 1.29 is 23.4 Å². The summed E-state index contributed by atoms with van der Waals surface area (Å²) in [4.78, 5) is 0. The third kappa shape index (κ3) is 4.34. The highest BCUT2D eigenvalue weighted by Gasteiger charge is 2.38. The molecule has 2 atom stereocenters. The van der Waals surface area contributed by atoms with Crippen LogP contribution >= 0.6 is 0 Å². The molecule has 1 aromatic carbocycles. The number of sulfonamides is 1. The number of β-amino-alcohol motifs (C(OH)–C–C–N with tert-alkyl or cyclic N) is 1. The van der Waals surface area contributed by atoms with Gasteiger partial charge < -0.3 is 14.9 Å². The van der Waals surface area contributed by atoms with E-state index in [1.807, 2.05) is 32.0 Å². The van der Waals surface area contributed by atoms with Crippen LogP contribution in [-0.4, -0.2) is 60.6 Å². The molecule has 0 saturated carbocycles. The summed E-state index contributed by atoms with van der Waals surface area (Å²) in [6, 6.07) is 5.83. The quantitative estimate of drug-likeness (QED) is 0.825. The average molecular weight is 369 g/mol. The Morgan fingerprint density at radius 2 is 2.04 bits per heavy atom. The van der Waals surface area contributed by atoms with E-state index in [9.17, 15) is 18.6 Å². The lowest BCUT2D eigenvalue weighted by Crippen LogP contribution is -2.42. The maximum absolute atomic E-state index is 12.8. The smallest absolute Gasteiger partial charge is 0.214 e. The summed E-state index contributed by atoms with van der Waals surface area (Å²) < 4.78 is 32.4. The van der Waals surface area contributed by atoms with Crippen molar-refractivity contribution in [3.8, 4) is 5.75 Å². The molecule has 0 amide bonds. The molecular formula is C18H27NO5S. The molecule has 3 rings (SSSR count). The lowest BCUT2D eigenvalue weighted by Gasteiger charge is -2.29. The Kier molecular flexibility index (Phi) is 5.12. The molecule has 0 radical (unpaired) electrons. The Balaban J connectivity index is 1.70. The summed E-state index contributed by atoms with van der Waals surface area (Å²) in [7, 11) is -3.52. The number of aliphatic hydroxyl groups is 2. The first kappa shape index (κ1) is 18.6. The molecule has 2 N–H and O–H groups in total. The van der Waals surface area contributed by atoms with Crippen molar-refractivity contribution in [2.45, 2.75) is 45.3 Å². The Bertz CT molecular complexity index is 731. The van der Waals surface area contributed by atoms with Gasteiger partial charge in [-0.3, -0.25) is 0 Å². The van der Waals surface area contributed by atoms with Crippen LogP contribution in [-0.2, 0) is 22.9 Å². The fourth-order valence-electron chi connectivity index (χ4n) is 3.62. The van der Waals surface area contributed by atoms with Crippen molar-refractivity contribution in [3.63, 3.8) is 0 Å². The molecule has 2 heterocycles. The lowest BCUT2D eigenvalue weighted by molar-refractivity contribution is 0.00717. The topological polar surface area (TPSA) is 87.1 Å². The third-order valence-corrected chi connectivity index (χ3v) is 6.78. The van der Waals surface area contributed by atoms with Crippen molar-refractivity contribution in [1.29, 1.82) is 0 Å². The number of fused-ring (bicyclic) bond motifs is 1. The molecule has 0 aromatic heterocycles. The normalized spacial score (nSPS) is 26.7. The first-order valence-electron chi connectivity index (χ1n) is 8.75.